The fourth-order valence-corrected chi connectivity index (χ4v) is 1.33. The second-order valence-electron chi connectivity index (χ2n) is 4.21. The van der Waals surface area contributed by atoms with E-state index < -0.39 is 17.2 Å². The van der Waals surface area contributed by atoms with E-state index >= 15 is 0 Å². The quantitative estimate of drug-likeness (QED) is 0.752. The Hall–Kier alpha value is -1.20. The van der Waals surface area contributed by atoms with Gasteiger partial charge in [0.1, 0.15) is 0 Å². The van der Waals surface area contributed by atoms with Gasteiger partial charge in [-0.05, 0) is 31.9 Å². The van der Waals surface area contributed by atoms with Crippen LogP contribution in [-0.4, -0.2) is 23.9 Å². The molecule has 0 heterocycles. The lowest BCUT2D eigenvalue weighted by atomic mass is 10.0. The summed E-state index contributed by atoms with van der Waals surface area (Å²) >= 11 is 0. The number of benzene rings is 1. The van der Waals surface area contributed by atoms with Gasteiger partial charge in [-0.2, -0.15) is 4.39 Å². The summed E-state index contributed by atoms with van der Waals surface area (Å²) in [6, 6.07) is 3.77. The van der Waals surface area contributed by atoms with E-state index in [0.717, 1.165) is 6.07 Å². The van der Waals surface area contributed by atoms with Crippen LogP contribution in [0.3, 0.4) is 0 Å². The molecular formula is C12H17F2NO2. The lowest BCUT2D eigenvalue weighted by Gasteiger charge is -2.20. The molecule has 0 spiro atoms. The van der Waals surface area contributed by atoms with Gasteiger partial charge in [-0.3, -0.25) is 0 Å². The number of hydrogen-bond acceptors (Lipinski definition) is 3. The van der Waals surface area contributed by atoms with Crippen molar-refractivity contribution in [2.45, 2.75) is 25.4 Å². The van der Waals surface area contributed by atoms with Crippen LogP contribution in [0.2, 0.25) is 0 Å². The van der Waals surface area contributed by atoms with Crippen molar-refractivity contribution in [3.8, 4) is 5.75 Å². The third-order valence-corrected chi connectivity index (χ3v) is 2.47. The fourth-order valence-electron chi connectivity index (χ4n) is 1.33. The number of rotatable bonds is 6. The predicted molar refractivity (Wildman–Crippen MR) is 60.8 cm³/mol. The first kappa shape index (κ1) is 13.9. The minimum atomic E-state index is -0.988. The third-order valence-electron chi connectivity index (χ3n) is 2.47. The van der Waals surface area contributed by atoms with Crippen molar-refractivity contribution >= 4 is 0 Å². The molecule has 0 bridgehead atoms. The SMILES string of the molecule is CC(O)(CN)CCCOc1cccc(F)c1F. The molecule has 1 unspecified atom stereocenters. The van der Waals surface area contributed by atoms with Crippen LogP contribution in [0, 0.1) is 11.6 Å². The zero-order chi connectivity index (χ0) is 12.9. The van der Waals surface area contributed by atoms with Crippen molar-refractivity contribution in [1.29, 1.82) is 0 Å². The minimum absolute atomic E-state index is 0.114. The molecule has 5 heteroatoms. The molecule has 3 N–H and O–H groups in total. The van der Waals surface area contributed by atoms with Crippen molar-refractivity contribution in [3.63, 3.8) is 0 Å². The molecular weight excluding hydrogens is 228 g/mol. The molecule has 0 aliphatic carbocycles. The van der Waals surface area contributed by atoms with E-state index in [9.17, 15) is 13.9 Å². The maximum absolute atomic E-state index is 13.2. The van der Waals surface area contributed by atoms with Crippen LogP contribution in [0.15, 0.2) is 18.2 Å². The molecule has 0 saturated heterocycles. The van der Waals surface area contributed by atoms with Crippen molar-refractivity contribution in [2.24, 2.45) is 5.73 Å². The summed E-state index contributed by atoms with van der Waals surface area (Å²) in [4.78, 5) is 0. The van der Waals surface area contributed by atoms with Gasteiger partial charge >= 0.3 is 0 Å². The molecule has 0 amide bonds. The molecule has 0 aliphatic heterocycles. The van der Waals surface area contributed by atoms with E-state index in [2.05, 4.69) is 0 Å². The van der Waals surface area contributed by atoms with Crippen LogP contribution < -0.4 is 10.5 Å². The molecule has 1 rings (SSSR count). The zero-order valence-corrected chi connectivity index (χ0v) is 9.75. The summed E-state index contributed by atoms with van der Waals surface area (Å²) in [6.07, 6.45) is 0.959. The predicted octanol–water partition coefficient (Wildman–Crippen LogP) is 1.83. The summed E-state index contributed by atoms with van der Waals surface area (Å²) < 4.78 is 31.1. The average Bonchev–Trinajstić information content (AvgIpc) is 2.30. The van der Waals surface area contributed by atoms with Gasteiger partial charge < -0.3 is 15.6 Å². The van der Waals surface area contributed by atoms with Gasteiger partial charge in [0.2, 0.25) is 5.82 Å². The summed E-state index contributed by atoms with van der Waals surface area (Å²) in [5, 5.41) is 9.60. The monoisotopic (exact) mass is 245 g/mol. The lowest BCUT2D eigenvalue weighted by Crippen LogP contribution is -2.34. The summed E-state index contributed by atoms with van der Waals surface area (Å²) in [5.41, 5.74) is 4.40. The molecule has 3 nitrogen and oxygen atoms in total. The highest BCUT2D eigenvalue weighted by molar-refractivity contribution is 5.24. The maximum Gasteiger partial charge on any atom is 0.200 e. The largest absolute Gasteiger partial charge is 0.490 e. The second kappa shape index (κ2) is 5.93. The van der Waals surface area contributed by atoms with Crippen LogP contribution in [0.1, 0.15) is 19.8 Å². The smallest absolute Gasteiger partial charge is 0.200 e. The molecule has 0 aliphatic rings. The first-order valence-electron chi connectivity index (χ1n) is 5.45. The molecule has 1 atom stereocenters. The van der Waals surface area contributed by atoms with E-state index in [1.807, 2.05) is 0 Å². The Balaban J connectivity index is 2.39. The number of ether oxygens (including phenoxy) is 1. The van der Waals surface area contributed by atoms with Crippen molar-refractivity contribution in [2.75, 3.05) is 13.2 Å². The normalized spacial score (nSPS) is 14.4. The topological polar surface area (TPSA) is 55.5 Å². The third kappa shape index (κ3) is 4.28. The highest BCUT2D eigenvalue weighted by Gasteiger charge is 2.17. The van der Waals surface area contributed by atoms with Crippen molar-refractivity contribution in [3.05, 3.63) is 29.8 Å². The second-order valence-corrected chi connectivity index (χ2v) is 4.21. The maximum atomic E-state index is 13.2. The van der Waals surface area contributed by atoms with Crippen LogP contribution >= 0.6 is 0 Å². The lowest BCUT2D eigenvalue weighted by molar-refractivity contribution is 0.0534. The van der Waals surface area contributed by atoms with Crippen LogP contribution in [-0.2, 0) is 0 Å². The summed E-state index contributed by atoms with van der Waals surface area (Å²) in [7, 11) is 0. The molecule has 0 aromatic heterocycles. The molecule has 0 radical (unpaired) electrons. The Morgan fingerprint density at radius 2 is 2.12 bits per heavy atom. The van der Waals surface area contributed by atoms with E-state index in [1.165, 1.54) is 12.1 Å². The van der Waals surface area contributed by atoms with Gasteiger partial charge in [0.15, 0.2) is 11.6 Å². The van der Waals surface area contributed by atoms with Crippen molar-refractivity contribution < 1.29 is 18.6 Å². The average molecular weight is 245 g/mol. The molecule has 1 aromatic rings. The Morgan fingerprint density at radius 1 is 1.41 bits per heavy atom. The van der Waals surface area contributed by atoms with Gasteiger partial charge in [0.05, 0.1) is 12.2 Å². The molecule has 17 heavy (non-hydrogen) atoms. The standard InChI is InChI=1S/C12H17F2NO2/c1-12(16,8-15)6-3-7-17-10-5-2-4-9(13)11(10)14/h2,4-5,16H,3,6-8,15H2,1H3. The van der Waals surface area contributed by atoms with Crippen LogP contribution in [0.4, 0.5) is 8.78 Å². The fraction of sp³-hybridized carbons (Fsp3) is 0.500. The van der Waals surface area contributed by atoms with E-state index in [-0.39, 0.29) is 18.9 Å². The Morgan fingerprint density at radius 3 is 2.76 bits per heavy atom. The van der Waals surface area contributed by atoms with E-state index in [1.54, 1.807) is 6.92 Å². The number of halogens is 2. The number of aliphatic hydroxyl groups is 1. The zero-order valence-electron chi connectivity index (χ0n) is 9.75. The molecule has 0 fully saturated rings. The first-order valence-corrected chi connectivity index (χ1v) is 5.45. The van der Waals surface area contributed by atoms with Crippen molar-refractivity contribution in [1.82, 2.24) is 0 Å². The summed E-state index contributed by atoms with van der Waals surface area (Å²) in [6.45, 7) is 1.98. The summed E-state index contributed by atoms with van der Waals surface area (Å²) in [5.74, 6) is -2.04. The first-order chi connectivity index (χ1) is 7.96. The number of nitrogens with two attached hydrogens (primary N) is 1. The van der Waals surface area contributed by atoms with Gasteiger partial charge in [-0.25, -0.2) is 4.39 Å². The number of hydrogen-bond donors (Lipinski definition) is 2. The molecule has 0 saturated carbocycles. The van der Waals surface area contributed by atoms with Gasteiger partial charge in [-0.15, -0.1) is 0 Å². The Labute approximate surface area is 99.2 Å². The van der Waals surface area contributed by atoms with Crippen LogP contribution in [0.5, 0.6) is 5.75 Å². The highest BCUT2D eigenvalue weighted by atomic mass is 19.2. The van der Waals surface area contributed by atoms with Crippen LogP contribution in [0.25, 0.3) is 0 Å². The van der Waals surface area contributed by atoms with Gasteiger partial charge in [0, 0.05) is 6.54 Å². The molecule has 1 aromatic carbocycles. The van der Waals surface area contributed by atoms with Gasteiger partial charge in [0.25, 0.3) is 0 Å². The Kier molecular flexibility index (Phi) is 4.84. The highest BCUT2D eigenvalue weighted by Crippen LogP contribution is 2.19. The molecule has 96 valence electrons. The van der Waals surface area contributed by atoms with E-state index in [4.69, 9.17) is 10.5 Å². The minimum Gasteiger partial charge on any atom is -0.490 e. The van der Waals surface area contributed by atoms with Gasteiger partial charge in [-0.1, -0.05) is 6.07 Å². The Bertz CT molecular complexity index is 370. The van der Waals surface area contributed by atoms with E-state index in [0.29, 0.717) is 12.8 Å².